The number of fused-ring (bicyclic) bond motifs is 4. The molecule has 5 rings (SSSR count). The Kier molecular flexibility index (Phi) is 2.95. The molecule has 4 bridgehead atoms. The summed E-state index contributed by atoms with van der Waals surface area (Å²) in [6, 6.07) is 2.26. The van der Waals surface area contributed by atoms with Gasteiger partial charge in [0.05, 0.1) is 13.2 Å². The average Bonchev–Trinajstić information content (AvgIpc) is 2.38. The van der Waals surface area contributed by atoms with Crippen LogP contribution in [-0.4, -0.2) is 60.8 Å². The van der Waals surface area contributed by atoms with Crippen molar-refractivity contribution >= 4 is 0 Å². The van der Waals surface area contributed by atoms with Gasteiger partial charge in [-0.25, -0.2) is 0 Å². The summed E-state index contributed by atoms with van der Waals surface area (Å²) in [4.78, 5) is 5.46. The molecular weight excluding hydrogens is 236 g/mol. The van der Waals surface area contributed by atoms with E-state index in [0.29, 0.717) is 5.41 Å². The molecule has 0 spiro atoms. The standard InChI is InChI=1S/C16H28N2O/c1-12(2)17-8-13-6-16(7-13,11-17)3-4-18-14-5-15(18)10-19-9-14/h12-15H,3-11H2,1-2H3. The van der Waals surface area contributed by atoms with Crippen molar-refractivity contribution in [1.29, 1.82) is 0 Å². The molecule has 0 aromatic carbocycles. The molecule has 0 N–H and O–H groups in total. The molecule has 3 nitrogen and oxygen atoms in total. The molecular formula is C16H28N2O. The summed E-state index contributed by atoms with van der Waals surface area (Å²) in [7, 11) is 0. The quantitative estimate of drug-likeness (QED) is 0.772. The van der Waals surface area contributed by atoms with Crippen LogP contribution in [0, 0.1) is 11.3 Å². The van der Waals surface area contributed by atoms with Gasteiger partial charge in [0.15, 0.2) is 0 Å². The highest BCUT2D eigenvalue weighted by Gasteiger charge is 2.51. The maximum atomic E-state index is 5.59. The van der Waals surface area contributed by atoms with E-state index >= 15 is 0 Å². The summed E-state index contributed by atoms with van der Waals surface area (Å²) in [5.74, 6) is 1.01. The van der Waals surface area contributed by atoms with Gasteiger partial charge in [0.2, 0.25) is 0 Å². The van der Waals surface area contributed by atoms with Crippen molar-refractivity contribution in [3.8, 4) is 0 Å². The minimum Gasteiger partial charge on any atom is -0.378 e. The van der Waals surface area contributed by atoms with Crippen LogP contribution in [0.1, 0.15) is 39.5 Å². The number of hydrogen-bond acceptors (Lipinski definition) is 3. The number of rotatable bonds is 4. The van der Waals surface area contributed by atoms with Crippen LogP contribution in [0.15, 0.2) is 0 Å². The molecule has 19 heavy (non-hydrogen) atoms. The van der Waals surface area contributed by atoms with E-state index in [2.05, 4.69) is 23.6 Å². The Morgan fingerprint density at radius 3 is 2.58 bits per heavy atom. The van der Waals surface area contributed by atoms with Crippen LogP contribution < -0.4 is 0 Å². The first kappa shape index (κ1) is 12.6. The normalized spacial score (nSPS) is 45.9. The Bertz CT molecular complexity index is 337. The third-order valence-electron chi connectivity index (χ3n) is 6.21. The third-order valence-corrected chi connectivity index (χ3v) is 6.21. The summed E-state index contributed by atoms with van der Waals surface area (Å²) >= 11 is 0. The van der Waals surface area contributed by atoms with E-state index in [1.165, 1.54) is 45.3 Å². The lowest BCUT2D eigenvalue weighted by Crippen LogP contribution is -2.65. The third kappa shape index (κ3) is 2.05. The zero-order valence-electron chi connectivity index (χ0n) is 12.5. The van der Waals surface area contributed by atoms with Gasteiger partial charge < -0.3 is 9.64 Å². The lowest BCUT2D eigenvalue weighted by Gasteiger charge is -2.60. The van der Waals surface area contributed by atoms with E-state index in [-0.39, 0.29) is 0 Å². The number of hydrogen-bond donors (Lipinski definition) is 0. The average molecular weight is 264 g/mol. The summed E-state index contributed by atoms with van der Waals surface area (Å²) < 4.78 is 5.59. The van der Waals surface area contributed by atoms with Gasteiger partial charge in [-0.15, -0.1) is 0 Å². The molecule has 0 aromatic heterocycles. The largest absolute Gasteiger partial charge is 0.378 e. The molecule has 0 radical (unpaired) electrons. The van der Waals surface area contributed by atoms with Crippen molar-refractivity contribution < 1.29 is 4.74 Å². The monoisotopic (exact) mass is 264 g/mol. The van der Waals surface area contributed by atoms with E-state index in [1.54, 1.807) is 0 Å². The van der Waals surface area contributed by atoms with Crippen LogP contribution in [0.25, 0.3) is 0 Å². The molecule has 2 atom stereocenters. The van der Waals surface area contributed by atoms with Crippen LogP contribution in [0.5, 0.6) is 0 Å². The summed E-state index contributed by atoms with van der Waals surface area (Å²) in [5.41, 5.74) is 0.679. The van der Waals surface area contributed by atoms with E-state index in [1.807, 2.05) is 0 Å². The molecule has 5 aliphatic rings. The fourth-order valence-electron chi connectivity index (χ4n) is 5.07. The van der Waals surface area contributed by atoms with Crippen LogP contribution in [0.4, 0.5) is 0 Å². The Labute approximate surface area is 117 Å². The molecule has 4 aliphatic heterocycles. The van der Waals surface area contributed by atoms with Gasteiger partial charge >= 0.3 is 0 Å². The maximum Gasteiger partial charge on any atom is 0.0623 e. The number of morpholine rings is 1. The first-order valence-corrected chi connectivity index (χ1v) is 8.23. The minimum atomic E-state index is 0.679. The van der Waals surface area contributed by atoms with Gasteiger partial charge in [0.25, 0.3) is 0 Å². The minimum absolute atomic E-state index is 0.679. The molecule has 0 amide bonds. The summed E-state index contributed by atoms with van der Waals surface area (Å²) in [6.07, 6.45) is 5.85. The van der Waals surface area contributed by atoms with E-state index in [4.69, 9.17) is 4.74 Å². The summed E-state index contributed by atoms with van der Waals surface area (Å²) in [6.45, 7) is 10.8. The molecule has 4 saturated heterocycles. The highest BCUT2D eigenvalue weighted by atomic mass is 16.5. The second-order valence-electron chi connectivity index (χ2n) is 7.87. The van der Waals surface area contributed by atoms with Gasteiger partial charge in [0.1, 0.15) is 0 Å². The Hall–Kier alpha value is -0.120. The van der Waals surface area contributed by atoms with Crippen LogP contribution >= 0.6 is 0 Å². The molecule has 1 aliphatic carbocycles. The van der Waals surface area contributed by atoms with Crippen molar-refractivity contribution in [1.82, 2.24) is 9.80 Å². The highest BCUT2D eigenvalue weighted by Crippen LogP contribution is 2.53. The lowest BCUT2D eigenvalue weighted by molar-refractivity contribution is -0.142. The number of ether oxygens (including phenoxy) is 1. The van der Waals surface area contributed by atoms with Gasteiger partial charge in [-0.05, 0) is 57.4 Å². The second kappa shape index (κ2) is 4.44. The number of nitrogens with zero attached hydrogens (tertiary/aromatic N) is 2. The van der Waals surface area contributed by atoms with E-state index < -0.39 is 0 Å². The summed E-state index contributed by atoms with van der Waals surface area (Å²) in [5, 5.41) is 0. The van der Waals surface area contributed by atoms with Crippen molar-refractivity contribution in [2.75, 3.05) is 32.8 Å². The van der Waals surface area contributed by atoms with Crippen LogP contribution in [0.3, 0.4) is 0 Å². The fourth-order valence-corrected chi connectivity index (χ4v) is 5.07. The predicted octanol–water partition coefficient (Wildman–Crippen LogP) is 1.97. The molecule has 4 heterocycles. The van der Waals surface area contributed by atoms with Gasteiger partial charge in [-0.1, -0.05) is 0 Å². The van der Waals surface area contributed by atoms with Crippen LogP contribution in [-0.2, 0) is 4.74 Å². The Morgan fingerprint density at radius 2 is 1.95 bits per heavy atom. The SMILES string of the molecule is CC(C)N1CC2CC(CCN3C4COCC3C4)(C2)C1. The lowest BCUT2D eigenvalue weighted by atomic mass is 9.57. The van der Waals surface area contributed by atoms with E-state index in [9.17, 15) is 0 Å². The molecule has 108 valence electrons. The molecule has 5 fully saturated rings. The number of piperidine rings is 2. The van der Waals surface area contributed by atoms with Crippen molar-refractivity contribution in [3.05, 3.63) is 0 Å². The van der Waals surface area contributed by atoms with Gasteiger partial charge in [-0.3, -0.25) is 4.90 Å². The molecule has 3 heteroatoms. The predicted molar refractivity (Wildman–Crippen MR) is 76.2 cm³/mol. The Morgan fingerprint density at radius 1 is 1.21 bits per heavy atom. The van der Waals surface area contributed by atoms with Crippen molar-refractivity contribution in [3.63, 3.8) is 0 Å². The first-order chi connectivity index (χ1) is 9.15. The van der Waals surface area contributed by atoms with E-state index in [0.717, 1.165) is 37.3 Å². The van der Waals surface area contributed by atoms with Crippen LogP contribution in [0.2, 0.25) is 0 Å². The van der Waals surface area contributed by atoms with Crippen molar-refractivity contribution in [2.24, 2.45) is 11.3 Å². The smallest absolute Gasteiger partial charge is 0.0623 e. The van der Waals surface area contributed by atoms with Gasteiger partial charge in [0, 0.05) is 31.2 Å². The molecule has 0 aromatic rings. The Balaban J connectivity index is 1.33. The first-order valence-electron chi connectivity index (χ1n) is 8.23. The maximum absolute atomic E-state index is 5.59. The highest BCUT2D eigenvalue weighted by molar-refractivity contribution is 5.04. The molecule has 1 saturated carbocycles. The topological polar surface area (TPSA) is 15.7 Å². The fraction of sp³-hybridized carbons (Fsp3) is 1.00. The van der Waals surface area contributed by atoms with Crippen molar-refractivity contribution in [2.45, 2.75) is 57.7 Å². The zero-order chi connectivity index (χ0) is 13.0. The molecule has 2 unspecified atom stereocenters. The zero-order valence-corrected chi connectivity index (χ0v) is 12.5. The second-order valence-corrected chi connectivity index (χ2v) is 7.87. The van der Waals surface area contributed by atoms with Gasteiger partial charge in [-0.2, -0.15) is 0 Å².